The van der Waals surface area contributed by atoms with E-state index in [0.717, 1.165) is 19.3 Å². The van der Waals surface area contributed by atoms with Gasteiger partial charge in [0.2, 0.25) is 0 Å². The topological polar surface area (TPSA) is 43.1 Å². The van der Waals surface area contributed by atoms with Crippen LogP contribution in [-0.4, -0.2) is 12.3 Å². The second-order valence-electron chi connectivity index (χ2n) is 4.00. The van der Waals surface area contributed by atoms with Gasteiger partial charge in [-0.2, -0.15) is 0 Å². The van der Waals surface area contributed by atoms with Gasteiger partial charge in [0.15, 0.2) is 0 Å². The standard InChI is InChI=1S/C14H21NO/c1-3-11-6-5-7-12(14(11)4-2)8-9-13(16)10-15/h5-7H,3-4,8-10,15H2,1-2H3. The van der Waals surface area contributed by atoms with Crippen molar-refractivity contribution in [3.05, 3.63) is 34.9 Å². The normalized spacial score (nSPS) is 10.4. The Morgan fingerprint density at radius 1 is 1.19 bits per heavy atom. The summed E-state index contributed by atoms with van der Waals surface area (Å²) >= 11 is 0. The van der Waals surface area contributed by atoms with Crippen LogP contribution in [0.3, 0.4) is 0 Å². The largest absolute Gasteiger partial charge is 0.324 e. The minimum Gasteiger partial charge on any atom is -0.324 e. The summed E-state index contributed by atoms with van der Waals surface area (Å²) in [4.78, 5) is 11.2. The molecule has 2 heteroatoms. The first-order chi connectivity index (χ1) is 7.72. The van der Waals surface area contributed by atoms with E-state index in [1.807, 2.05) is 0 Å². The minimum absolute atomic E-state index is 0.143. The molecule has 0 spiro atoms. The predicted octanol–water partition coefficient (Wildman–Crippen LogP) is 2.27. The van der Waals surface area contributed by atoms with E-state index in [1.165, 1.54) is 16.7 Å². The van der Waals surface area contributed by atoms with Crippen LogP contribution in [0.4, 0.5) is 0 Å². The van der Waals surface area contributed by atoms with Gasteiger partial charge in [0.1, 0.15) is 5.78 Å². The Morgan fingerprint density at radius 2 is 1.88 bits per heavy atom. The van der Waals surface area contributed by atoms with Crippen LogP contribution in [0.5, 0.6) is 0 Å². The van der Waals surface area contributed by atoms with Crippen molar-refractivity contribution in [3.63, 3.8) is 0 Å². The number of carbonyl (C=O) groups is 1. The Labute approximate surface area is 97.9 Å². The van der Waals surface area contributed by atoms with Gasteiger partial charge in [0.25, 0.3) is 0 Å². The summed E-state index contributed by atoms with van der Waals surface area (Å²) in [6.45, 7) is 4.50. The zero-order valence-corrected chi connectivity index (χ0v) is 10.3. The first kappa shape index (κ1) is 12.9. The summed E-state index contributed by atoms with van der Waals surface area (Å²) in [5.74, 6) is 0.143. The van der Waals surface area contributed by atoms with Crippen molar-refractivity contribution in [1.29, 1.82) is 0 Å². The van der Waals surface area contributed by atoms with Crippen molar-refractivity contribution in [2.24, 2.45) is 5.73 Å². The lowest BCUT2D eigenvalue weighted by molar-refractivity contribution is -0.117. The van der Waals surface area contributed by atoms with Crippen LogP contribution in [0.2, 0.25) is 0 Å². The molecule has 88 valence electrons. The highest BCUT2D eigenvalue weighted by atomic mass is 16.1. The van der Waals surface area contributed by atoms with E-state index < -0.39 is 0 Å². The summed E-state index contributed by atoms with van der Waals surface area (Å²) in [7, 11) is 0. The van der Waals surface area contributed by atoms with Crippen LogP contribution in [0.1, 0.15) is 37.0 Å². The van der Waals surface area contributed by atoms with Crippen LogP contribution in [-0.2, 0) is 24.1 Å². The van der Waals surface area contributed by atoms with Gasteiger partial charge in [-0.3, -0.25) is 4.79 Å². The van der Waals surface area contributed by atoms with E-state index in [9.17, 15) is 4.79 Å². The minimum atomic E-state index is 0.143. The fourth-order valence-corrected chi connectivity index (χ4v) is 2.08. The van der Waals surface area contributed by atoms with Crippen molar-refractivity contribution in [2.45, 2.75) is 39.5 Å². The highest BCUT2D eigenvalue weighted by Gasteiger charge is 2.07. The SMILES string of the molecule is CCc1cccc(CCC(=O)CN)c1CC. The van der Waals surface area contributed by atoms with E-state index in [2.05, 4.69) is 32.0 Å². The molecule has 0 aliphatic carbocycles. The third-order valence-corrected chi connectivity index (χ3v) is 3.01. The molecule has 16 heavy (non-hydrogen) atoms. The molecule has 1 aromatic rings. The molecule has 0 heterocycles. The Bertz CT molecular complexity index is 358. The molecule has 0 radical (unpaired) electrons. The predicted molar refractivity (Wildman–Crippen MR) is 67.6 cm³/mol. The maximum Gasteiger partial charge on any atom is 0.146 e. The van der Waals surface area contributed by atoms with Crippen LogP contribution >= 0.6 is 0 Å². The monoisotopic (exact) mass is 219 g/mol. The van der Waals surface area contributed by atoms with Gasteiger partial charge in [-0.05, 0) is 36.0 Å². The first-order valence-corrected chi connectivity index (χ1v) is 6.04. The lowest BCUT2D eigenvalue weighted by Gasteiger charge is -2.11. The Kier molecular flexibility index (Phi) is 5.20. The number of Topliss-reactive ketones (excluding diaryl/α,β-unsaturated/α-hetero) is 1. The summed E-state index contributed by atoms with van der Waals surface area (Å²) in [5.41, 5.74) is 9.44. The van der Waals surface area contributed by atoms with Crippen molar-refractivity contribution in [2.75, 3.05) is 6.54 Å². The van der Waals surface area contributed by atoms with E-state index in [-0.39, 0.29) is 12.3 Å². The van der Waals surface area contributed by atoms with Crippen molar-refractivity contribution in [1.82, 2.24) is 0 Å². The fraction of sp³-hybridized carbons (Fsp3) is 0.500. The van der Waals surface area contributed by atoms with Gasteiger partial charge < -0.3 is 5.73 Å². The van der Waals surface area contributed by atoms with Crippen LogP contribution in [0.15, 0.2) is 18.2 Å². The molecule has 1 aromatic carbocycles. The van der Waals surface area contributed by atoms with Gasteiger partial charge in [-0.15, -0.1) is 0 Å². The molecule has 2 N–H and O–H groups in total. The van der Waals surface area contributed by atoms with Crippen LogP contribution in [0, 0.1) is 0 Å². The lowest BCUT2D eigenvalue weighted by atomic mass is 9.94. The van der Waals surface area contributed by atoms with E-state index >= 15 is 0 Å². The van der Waals surface area contributed by atoms with Crippen LogP contribution in [0.25, 0.3) is 0 Å². The van der Waals surface area contributed by atoms with Crippen molar-refractivity contribution in [3.8, 4) is 0 Å². The molecule has 0 unspecified atom stereocenters. The summed E-state index contributed by atoms with van der Waals surface area (Å²) in [6.07, 6.45) is 3.49. The molecule has 2 nitrogen and oxygen atoms in total. The van der Waals surface area contributed by atoms with Gasteiger partial charge in [-0.1, -0.05) is 32.0 Å². The second-order valence-corrected chi connectivity index (χ2v) is 4.00. The zero-order valence-electron chi connectivity index (χ0n) is 10.3. The molecular weight excluding hydrogens is 198 g/mol. The van der Waals surface area contributed by atoms with Gasteiger partial charge in [-0.25, -0.2) is 0 Å². The maximum atomic E-state index is 11.2. The summed E-state index contributed by atoms with van der Waals surface area (Å²) in [5, 5.41) is 0. The van der Waals surface area contributed by atoms with Gasteiger partial charge >= 0.3 is 0 Å². The molecule has 1 rings (SSSR count). The van der Waals surface area contributed by atoms with E-state index in [0.29, 0.717) is 6.42 Å². The number of hydrogen-bond acceptors (Lipinski definition) is 2. The average Bonchev–Trinajstić information content (AvgIpc) is 2.34. The van der Waals surface area contributed by atoms with Crippen LogP contribution < -0.4 is 5.73 Å². The zero-order chi connectivity index (χ0) is 12.0. The molecule has 0 saturated carbocycles. The number of ketones is 1. The molecule has 0 amide bonds. The molecule has 0 atom stereocenters. The number of aryl methyl sites for hydroxylation is 2. The maximum absolute atomic E-state index is 11.2. The number of carbonyl (C=O) groups excluding carboxylic acids is 1. The molecule has 0 aliphatic heterocycles. The van der Waals surface area contributed by atoms with E-state index in [4.69, 9.17) is 5.73 Å². The van der Waals surface area contributed by atoms with Crippen molar-refractivity contribution >= 4 is 5.78 Å². The molecule has 0 aromatic heterocycles. The third kappa shape index (κ3) is 3.17. The Morgan fingerprint density at radius 3 is 2.44 bits per heavy atom. The molecular formula is C14H21NO. The molecule has 0 bridgehead atoms. The third-order valence-electron chi connectivity index (χ3n) is 3.01. The Hall–Kier alpha value is -1.15. The highest BCUT2D eigenvalue weighted by Crippen LogP contribution is 2.18. The average molecular weight is 219 g/mol. The summed E-state index contributed by atoms with van der Waals surface area (Å²) in [6, 6.07) is 6.38. The molecule has 0 aliphatic rings. The first-order valence-electron chi connectivity index (χ1n) is 6.04. The Balaban J connectivity index is 2.82. The fourth-order valence-electron chi connectivity index (χ4n) is 2.08. The number of nitrogens with two attached hydrogens (primary N) is 1. The van der Waals surface area contributed by atoms with E-state index in [1.54, 1.807) is 0 Å². The van der Waals surface area contributed by atoms with Gasteiger partial charge in [0, 0.05) is 6.42 Å². The number of benzene rings is 1. The number of rotatable bonds is 6. The van der Waals surface area contributed by atoms with Crippen molar-refractivity contribution < 1.29 is 4.79 Å². The second kappa shape index (κ2) is 6.44. The molecule has 0 fully saturated rings. The smallest absolute Gasteiger partial charge is 0.146 e. The van der Waals surface area contributed by atoms with Gasteiger partial charge in [0.05, 0.1) is 6.54 Å². The molecule has 0 saturated heterocycles. The quantitative estimate of drug-likeness (QED) is 0.797. The number of hydrogen-bond donors (Lipinski definition) is 1. The highest BCUT2D eigenvalue weighted by molar-refractivity contribution is 5.80. The lowest BCUT2D eigenvalue weighted by Crippen LogP contribution is -2.14. The summed E-state index contributed by atoms with van der Waals surface area (Å²) < 4.78 is 0.